The normalized spacial score (nSPS) is 11.3. The predicted octanol–water partition coefficient (Wildman–Crippen LogP) is 6.38. The Bertz CT molecular complexity index is 1120. The number of ether oxygens (including phenoxy) is 1. The van der Waals surface area contributed by atoms with Crippen molar-refractivity contribution in [3.05, 3.63) is 76.6 Å². The molecule has 0 unspecified atom stereocenters. The molecule has 174 valence electrons. The minimum absolute atomic E-state index is 0.0842. The van der Waals surface area contributed by atoms with Gasteiger partial charge in [0, 0.05) is 12.2 Å². The SMILES string of the molecule is C=CCn1c(COc2ccc(C(C)(C)C)cc2)nnc1SCC(=O)Nc1ccc(Cl)c(Cl)c1. The van der Waals surface area contributed by atoms with Crippen LogP contribution in [0.15, 0.2) is 60.3 Å². The van der Waals surface area contributed by atoms with Gasteiger partial charge in [0.25, 0.3) is 0 Å². The summed E-state index contributed by atoms with van der Waals surface area (Å²) in [5.41, 5.74) is 1.90. The number of nitrogens with zero attached hydrogens (tertiary/aromatic N) is 3. The lowest BCUT2D eigenvalue weighted by molar-refractivity contribution is -0.113. The Balaban J connectivity index is 1.60. The van der Waals surface area contributed by atoms with Crippen LogP contribution in [0.3, 0.4) is 0 Å². The maximum absolute atomic E-state index is 12.4. The fourth-order valence-corrected chi connectivity index (χ4v) is 4.01. The minimum Gasteiger partial charge on any atom is -0.486 e. The Kier molecular flexibility index (Phi) is 8.46. The number of hydrogen-bond donors (Lipinski definition) is 1. The molecule has 1 amide bonds. The van der Waals surface area contributed by atoms with Gasteiger partial charge < -0.3 is 10.1 Å². The standard InChI is InChI=1S/C24H26Cl2N4O2S/c1-5-12-30-21(14-32-18-9-6-16(7-10-18)24(2,3)4)28-29-23(30)33-15-22(31)27-17-8-11-19(25)20(26)13-17/h5-11,13H,1,12,14-15H2,2-4H3,(H,27,31). The van der Waals surface area contributed by atoms with Gasteiger partial charge in [-0.3, -0.25) is 9.36 Å². The smallest absolute Gasteiger partial charge is 0.234 e. The summed E-state index contributed by atoms with van der Waals surface area (Å²) in [4.78, 5) is 12.4. The Morgan fingerprint density at radius 2 is 1.88 bits per heavy atom. The number of benzene rings is 2. The molecule has 1 heterocycles. The topological polar surface area (TPSA) is 69.0 Å². The van der Waals surface area contributed by atoms with E-state index in [9.17, 15) is 4.79 Å². The van der Waals surface area contributed by atoms with E-state index in [4.69, 9.17) is 27.9 Å². The fraction of sp³-hybridized carbons (Fsp3) is 0.292. The van der Waals surface area contributed by atoms with Crippen LogP contribution in [0.25, 0.3) is 0 Å². The molecular formula is C24H26Cl2N4O2S. The second kappa shape index (κ2) is 11.1. The van der Waals surface area contributed by atoms with E-state index in [0.29, 0.717) is 33.3 Å². The van der Waals surface area contributed by atoms with Crippen molar-refractivity contribution in [2.24, 2.45) is 0 Å². The zero-order valence-electron chi connectivity index (χ0n) is 18.8. The van der Waals surface area contributed by atoms with E-state index in [1.807, 2.05) is 16.7 Å². The van der Waals surface area contributed by atoms with Gasteiger partial charge in [0.15, 0.2) is 11.0 Å². The zero-order valence-corrected chi connectivity index (χ0v) is 21.1. The first-order valence-electron chi connectivity index (χ1n) is 10.3. The number of anilines is 1. The highest BCUT2D eigenvalue weighted by molar-refractivity contribution is 7.99. The summed E-state index contributed by atoms with van der Waals surface area (Å²) < 4.78 is 7.80. The number of nitrogens with one attached hydrogen (secondary N) is 1. The van der Waals surface area contributed by atoms with Crippen molar-refractivity contribution >= 4 is 46.6 Å². The van der Waals surface area contributed by atoms with Crippen LogP contribution in [0.5, 0.6) is 5.75 Å². The highest BCUT2D eigenvalue weighted by atomic mass is 35.5. The quantitative estimate of drug-likeness (QED) is 0.270. The summed E-state index contributed by atoms with van der Waals surface area (Å²) in [6.45, 7) is 11.1. The molecule has 0 spiro atoms. The molecule has 0 radical (unpaired) electrons. The molecule has 0 saturated heterocycles. The Hall–Kier alpha value is -2.48. The third kappa shape index (κ3) is 7.00. The number of aromatic nitrogens is 3. The third-order valence-corrected chi connectivity index (χ3v) is 6.43. The summed E-state index contributed by atoms with van der Waals surface area (Å²) >= 11 is 13.2. The van der Waals surface area contributed by atoms with Crippen molar-refractivity contribution in [2.75, 3.05) is 11.1 Å². The molecule has 0 aliphatic carbocycles. The van der Waals surface area contributed by atoms with E-state index in [2.05, 4.69) is 55.0 Å². The molecule has 1 N–H and O–H groups in total. The van der Waals surface area contributed by atoms with Crippen molar-refractivity contribution in [1.82, 2.24) is 14.8 Å². The molecule has 0 bridgehead atoms. The molecule has 2 aromatic carbocycles. The summed E-state index contributed by atoms with van der Waals surface area (Å²) in [5.74, 6) is 1.38. The molecule has 1 aromatic heterocycles. The number of thioether (sulfide) groups is 1. The second-order valence-electron chi connectivity index (χ2n) is 8.33. The molecule has 33 heavy (non-hydrogen) atoms. The summed E-state index contributed by atoms with van der Waals surface area (Å²) in [6.07, 6.45) is 1.75. The van der Waals surface area contributed by atoms with Gasteiger partial charge in [-0.15, -0.1) is 16.8 Å². The van der Waals surface area contributed by atoms with Gasteiger partial charge in [-0.1, -0.05) is 73.9 Å². The molecule has 6 nitrogen and oxygen atoms in total. The number of hydrogen-bond acceptors (Lipinski definition) is 5. The van der Waals surface area contributed by atoms with Gasteiger partial charge >= 0.3 is 0 Å². The van der Waals surface area contributed by atoms with Gasteiger partial charge in [-0.05, 0) is 41.3 Å². The molecule has 0 atom stereocenters. The lowest BCUT2D eigenvalue weighted by Gasteiger charge is -2.19. The monoisotopic (exact) mass is 504 g/mol. The highest BCUT2D eigenvalue weighted by Gasteiger charge is 2.16. The number of rotatable bonds is 9. The highest BCUT2D eigenvalue weighted by Crippen LogP contribution is 2.26. The molecule has 3 aromatic rings. The Morgan fingerprint density at radius 3 is 2.52 bits per heavy atom. The molecule has 0 fully saturated rings. The first-order chi connectivity index (χ1) is 15.7. The molecule has 0 aliphatic heterocycles. The maximum Gasteiger partial charge on any atom is 0.234 e. The van der Waals surface area contributed by atoms with E-state index < -0.39 is 0 Å². The third-order valence-electron chi connectivity index (χ3n) is 4.73. The second-order valence-corrected chi connectivity index (χ2v) is 10.1. The van der Waals surface area contributed by atoms with Gasteiger partial charge in [0.05, 0.1) is 15.8 Å². The van der Waals surface area contributed by atoms with Crippen LogP contribution in [0.1, 0.15) is 32.2 Å². The average molecular weight is 505 g/mol. The van der Waals surface area contributed by atoms with Gasteiger partial charge in [0.1, 0.15) is 12.4 Å². The number of halogens is 2. The van der Waals surface area contributed by atoms with E-state index in [1.54, 1.807) is 24.3 Å². The fourth-order valence-electron chi connectivity index (χ4n) is 2.95. The van der Waals surface area contributed by atoms with Crippen molar-refractivity contribution in [2.45, 2.75) is 44.5 Å². The van der Waals surface area contributed by atoms with Crippen LogP contribution in [-0.2, 0) is 23.4 Å². The van der Waals surface area contributed by atoms with Crippen LogP contribution >= 0.6 is 35.0 Å². The first-order valence-corrected chi connectivity index (χ1v) is 12.1. The number of carbonyl (C=O) groups is 1. The van der Waals surface area contributed by atoms with Crippen LogP contribution < -0.4 is 10.1 Å². The van der Waals surface area contributed by atoms with Gasteiger partial charge in [-0.2, -0.15) is 0 Å². The average Bonchev–Trinajstić information content (AvgIpc) is 3.15. The number of allylic oxidation sites excluding steroid dienone is 1. The van der Waals surface area contributed by atoms with Crippen LogP contribution in [0, 0.1) is 0 Å². The van der Waals surface area contributed by atoms with Crippen LogP contribution in [-0.4, -0.2) is 26.4 Å². The lowest BCUT2D eigenvalue weighted by Crippen LogP contribution is -2.15. The van der Waals surface area contributed by atoms with Crippen molar-refractivity contribution < 1.29 is 9.53 Å². The van der Waals surface area contributed by atoms with E-state index in [1.165, 1.54) is 17.3 Å². The van der Waals surface area contributed by atoms with Crippen molar-refractivity contribution in [3.63, 3.8) is 0 Å². The summed E-state index contributed by atoms with van der Waals surface area (Å²) in [5, 5.41) is 12.7. The molecule has 0 aliphatic rings. The largest absolute Gasteiger partial charge is 0.486 e. The molecule has 3 rings (SSSR count). The molecular weight excluding hydrogens is 479 g/mol. The Morgan fingerprint density at radius 1 is 1.15 bits per heavy atom. The lowest BCUT2D eigenvalue weighted by atomic mass is 9.87. The van der Waals surface area contributed by atoms with E-state index >= 15 is 0 Å². The first kappa shape index (κ1) is 25.1. The maximum atomic E-state index is 12.4. The Labute approximate surface area is 208 Å². The summed E-state index contributed by atoms with van der Waals surface area (Å²) in [6, 6.07) is 13.0. The van der Waals surface area contributed by atoms with Crippen LogP contribution in [0.4, 0.5) is 5.69 Å². The van der Waals surface area contributed by atoms with E-state index in [-0.39, 0.29) is 23.7 Å². The van der Waals surface area contributed by atoms with Gasteiger partial charge in [-0.25, -0.2) is 0 Å². The van der Waals surface area contributed by atoms with Crippen molar-refractivity contribution in [3.8, 4) is 5.75 Å². The molecule has 9 heteroatoms. The zero-order chi connectivity index (χ0) is 24.0. The number of amides is 1. The molecule has 0 saturated carbocycles. The van der Waals surface area contributed by atoms with E-state index in [0.717, 1.165) is 5.75 Å². The predicted molar refractivity (Wildman–Crippen MR) is 136 cm³/mol. The number of carbonyl (C=O) groups excluding carboxylic acids is 1. The van der Waals surface area contributed by atoms with Crippen LogP contribution in [0.2, 0.25) is 10.0 Å². The summed E-state index contributed by atoms with van der Waals surface area (Å²) in [7, 11) is 0. The van der Waals surface area contributed by atoms with Gasteiger partial charge in [0.2, 0.25) is 5.91 Å². The minimum atomic E-state index is -0.191. The van der Waals surface area contributed by atoms with Crippen molar-refractivity contribution in [1.29, 1.82) is 0 Å².